The molecule has 1 aromatic rings. The fraction of sp³-hybridized carbons (Fsp3) is 0.444. The van der Waals surface area contributed by atoms with E-state index in [-0.39, 0.29) is 24.4 Å². The minimum absolute atomic E-state index is 0. The lowest BCUT2D eigenvalue weighted by Gasteiger charge is -2.09. The highest BCUT2D eigenvalue weighted by Gasteiger charge is 2.21. The summed E-state index contributed by atoms with van der Waals surface area (Å²) >= 11 is 6.80. The van der Waals surface area contributed by atoms with Gasteiger partial charge in [-0.05, 0) is 28.1 Å². The summed E-state index contributed by atoms with van der Waals surface area (Å²) in [6.07, 6.45) is 0. The molecule has 0 aromatic carbocycles. The van der Waals surface area contributed by atoms with Crippen molar-refractivity contribution in [1.29, 1.82) is 0 Å². The highest BCUT2D eigenvalue weighted by atomic mass is 79.9. The molecule has 1 amide bonds. The molecule has 1 aromatic heterocycles. The van der Waals surface area contributed by atoms with Gasteiger partial charge in [0, 0.05) is 16.5 Å². The molecule has 7 heteroatoms. The SMILES string of the molecule is Cl.O=C(NCc1ccc(Br)s1)C1CSCN1. The van der Waals surface area contributed by atoms with Crippen molar-refractivity contribution in [3.05, 3.63) is 20.8 Å². The molecular formula is C9H12BrClN2OS2. The number of thiophene rings is 1. The third kappa shape index (κ3) is 3.92. The van der Waals surface area contributed by atoms with E-state index in [1.165, 1.54) is 4.88 Å². The van der Waals surface area contributed by atoms with E-state index in [0.717, 1.165) is 15.4 Å². The summed E-state index contributed by atoms with van der Waals surface area (Å²) in [7, 11) is 0. The number of nitrogens with one attached hydrogen (secondary N) is 2. The Kier molecular flexibility index (Phi) is 6.13. The van der Waals surface area contributed by atoms with Crippen molar-refractivity contribution in [2.45, 2.75) is 12.6 Å². The number of hydrogen-bond acceptors (Lipinski definition) is 4. The van der Waals surface area contributed by atoms with Gasteiger partial charge in [-0.3, -0.25) is 10.1 Å². The first-order valence-corrected chi connectivity index (χ1v) is 7.35. The van der Waals surface area contributed by atoms with Crippen LogP contribution in [0.4, 0.5) is 0 Å². The van der Waals surface area contributed by atoms with Crippen LogP contribution in [0.15, 0.2) is 15.9 Å². The minimum Gasteiger partial charge on any atom is -0.350 e. The maximum Gasteiger partial charge on any atom is 0.238 e. The molecule has 0 radical (unpaired) electrons. The number of carbonyl (C=O) groups is 1. The lowest BCUT2D eigenvalue weighted by atomic mass is 10.3. The Morgan fingerprint density at radius 1 is 1.62 bits per heavy atom. The monoisotopic (exact) mass is 342 g/mol. The molecule has 0 bridgehead atoms. The van der Waals surface area contributed by atoms with E-state index >= 15 is 0 Å². The molecule has 3 nitrogen and oxygen atoms in total. The van der Waals surface area contributed by atoms with Crippen molar-refractivity contribution in [2.75, 3.05) is 11.6 Å². The Morgan fingerprint density at radius 3 is 3.00 bits per heavy atom. The minimum atomic E-state index is -0.0154. The number of rotatable bonds is 3. The molecule has 1 unspecified atom stereocenters. The Morgan fingerprint density at radius 2 is 2.44 bits per heavy atom. The second-order valence-electron chi connectivity index (χ2n) is 3.20. The molecule has 0 spiro atoms. The van der Waals surface area contributed by atoms with Crippen molar-refractivity contribution < 1.29 is 4.79 Å². The average molecular weight is 344 g/mol. The molecule has 1 atom stereocenters. The Labute approximate surface area is 117 Å². The summed E-state index contributed by atoms with van der Waals surface area (Å²) in [5, 5.41) is 6.07. The first-order valence-electron chi connectivity index (χ1n) is 4.59. The Hall–Kier alpha value is 0.250. The number of halogens is 2. The second-order valence-corrected chi connectivity index (χ2v) is 6.77. The molecule has 0 saturated carbocycles. The maximum absolute atomic E-state index is 11.6. The summed E-state index contributed by atoms with van der Waals surface area (Å²) < 4.78 is 1.10. The summed E-state index contributed by atoms with van der Waals surface area (Å²) in [5.74, 6) is 1.85. The van der Waals surface area contributed by atoms with E-state index in [4.69, 9.17) is 0 Å². The van der Waals surface area contributed by atoms with Crippen LogP contribution < -0.4 is 10.6 Å². The van der Waals surface area contributed by atoms with Crippen LogP contribution in [0.5, 0.6) is 0 Å². The van der Waals surface area contributed by atoms with E-state index in [2.05, 4.69) is 26.6 Å². The second kappa shape index (κ2) is 6.86. The third-order valence-corrected chi connectivity index (χ3v) is 4.66. The zero-order valence-electron chi connectivity index (χ0n) is 8.36. The van der Waals surface area contributed by atoms with Crippen molar-refractivity contribution in [2.24, 2.45) is 0 Å². The predicted molar refractivity (Wildman–Crippen MR) is 75.4 cm³/mol. The van der Waals surface area contributed by atoms with Gasteiger partial charge in [0.2, 0.25) is 5.91 Å². The number of carbonyl (C=O) groups excluding carboxylic acids is 1. The van der Waals surface area contributed by atoms with Crippen LogP contribution in [0.25, 0.3) is 0 Å². The lowest BCUT2D eigenvalue weighted by molar-refractivity contribution is -0.122. The van der Waals surface area contributed by atoms with Crippen LogP contribution in [0, 0.1) is 0 Å². The molecular weight excluding hydrogens is 332 g/mol. The molecule has 2 rings (SSSR count). The quantitative estimate of drug-likeness (QED) is 0.884. The van der Waals surface area contributed by atoms with Gasteiger partial charge < -0.3 is 5.32 Å². The Bertz CT molecular complexity index is 355. The van der Waals surface area contributed by atoms with Crippen molar-refractivity contribution in [3.63, 3.8) is 0 Å². The standard InChI is InChI=1S/C9H11BrN2OS2.ClH/c10-8-2-1-6(15-8)3-11-9(13)7-4-14-5-12-7;/h1-2,7,12H,3-5H2,(H,11,13);1H. The average Bonchev–Trinajstić information content (AvgIpc) is 2.84. The van der Waals surface area contributed by atoms with E-state index in [1.807, 2.05) is 12.1 Å². The van der Waals surface area contributed by atoms with E-state index < -0.39 is 0 Å². The van der Waals surface area contributed by atoms with E-state index in [1.54, 1.807) is 23.1 Å². The summed E-state index contributed by atoms with van der Waals surface area (Å²) in [6, 6.07) is 4.00. The first kappa shape index (κ1) is 14.3. The van der Waals surface area contributed by atoms with Gasteiger partial charge in [-0.15, -0.1) is 35.5 Å². The first-order chi connectivity index (χ1) is 7.25. The molecule has 1 fully saturated rings. The van der Waals surface area contributed by atoms with Gasteiger partial charge in [0.1, 0.15) is 0 Å². The number of thioether (sulfide) groups is 1. The van der Waals surface area contributed by atoms with Gasteiger partial charge in [-0.25, -0.2) is 0 Å². The molecule has 0 aliphatic carbocycles. The van der Waals surface area contributed by atoms with Crippen LogP contribution in [-0.4, -0.2) is 23.6 Å². The third-order valence-electron chi connectivity index (χ3n) is 2.10. The van der Waals surface area contributed by atoms with Gasteiger partial charge >= 0.3 is 0 Å². The lowest BCUT2D eigenvalue weighted by Crippen LogP contribution is -2.41. The van der Waals surface area contributed by atoms with Crippen LogP contribution in [0.2, 0.25) is 0 Å². The van der Waals surface area contributed by atoms with E-state index in [9.17, 15) is 4.79 Å². The molecule has 1 aliphatic heterocycles. The van der Waals surface area contributed by atoms with Gasteiger partial charge in [0.25, 0.3) is 0 Å². The van der Waals surface area contributed by atoms with Crippen LogP contribution in [-0.2, 0) is 11.3 Å². The molecule has 90 valence electrons. The zero-order chi connectivity index (χ0) is 10.7. The van der Waals surface area contributed by atoms with Crippen molar-refractivity contribution in [3.8, 4) is 0 Å². The normalized spacial score (nSPS) is 19.2. The molecule has 2 heterocycles. The topological polar surface area (TPSA) is 41.1 Å². The predicted octanol–water partition coefficient (Wildman–Crippen LogP) is 2.21. The molecule has 2 N–H and O–H groups in total. The van der Waals surface area contributed by atoms with Gasteiger partial charge in [0.15, 0.2) is 0 Å². The maximum atomic E-state index is 11.6. The number of amides is 1. The van der Waals surface area contributed by atoms with Crippen LogP contribution in [0.3, 0.4) is 0 Å². The molecule has 16 heavy (non-hydrogen) atoms. The fourth-order valence-electron chi connectivity index (χ4n) is 1.31. The zero-order valence-corrected chi connectivity index (χ0v) is 12.4. The molecule has 1 aliphatic rings. The summed E-state index contributed by atoms with van der Waals surface area (Å²) in [6.45, 7) is 0.623. The van der Waals surface area contributed by atoms with Crippen LogP contribution in [0.1, 0.15) is 4.88 Å². The highest BCUT2D eigenvalue weighted by Crippen LogP contribution is 2.21. The largest absolute Gasteiger partial charge is 0.350 e. The van der Waals surface area contributed by atoms with Crippen molar-refractivity contribution >= 4 is 57.3 Å². The molecule has 1 saturated heterocycles. The summed E-state index contributed by atoms with van der Waals surface area (Å²) in [5.41, 5.74) is 0. The van der Waals surface area contributed by atoms with Gasteiger partial charge in [-0.1, -0.05) is 0 Å². The fourth-order valence-corrected chi connectivity index (χ4v) is 3.67. The van der Waals surface area contributed by atoms with E-state index in [0.29, 0.717) is 6.54 Å². The van der Waals surface area contributed by atoms with Gasteiger partial charge in [0.05, 0.1) is 16.4 Å². The smallest absolute Gasteiger partial charge is 0.238 e. The van der Waals surface area contributed by atoms with Gasteiger partial charge in [-0.2, -0.15) is 0 Å². The number of hydrogen-bond donors (Lipinski definition) is 2. The van der Waals surface area contributed by atoms with Crippen LogP contribution >= 0.6 is 51.4 Å². The van der Waals surface area contributed by atoms with Crippen molar-refractivity contribution in [1.82, 2.24) is 10.6 Å². The summed E-state index contributed by atoms with van der Waals surface area (Å²) in [4.78, 5) is 12.8. The Balaban J connectivity index is 0.00000128. The highest BCUT2D eigenvalue weighted by molar-refractivity contribution is 9.11.